The fraction of sp³-hybridized carbons (Fsp3) is 0.167. The van der Waals surface area contributed by atoms with Crippen LogP contribution in [0.3, 0.4) is 0 Å². The Morgan fingerprint density at radius 2 is 1.46 bits per heavy atom. The van der Waals surface area contributed by atoms with Crippen molar-refractivity contribution in [1.29, 1.82) is 0 Å². The van der Waals surface area contributed by atoms with Crippen molar-refractivity contribution in [2.75, 3.05) is 0 Å². The van der Waals surface area contributed by atoms with E-state index in [2.05, 4.69) is 87.5 Å². The van der Waals surface area contributed by atoms with E-state index in [0.29, 0.717) is 0 Å². The predicted molar refractivity (Wildman–Crippen MR) is 104 cm³/mol. The van der Waals surface area contributed by atoms with Crippen LogP contribution < -0.4 is 0 Å². The van der Waals surface area contributed by atoms with Crippen molar-refractivity contribution >= 4 is 11.6 Å². The summed E-state index contributed by atoms with van der Waals surface area (Å²) in [5, 5.41) is 0. The van der Waals surface area contributed by atoms with E-state index >= 15 is 0 Å². The van der Waals surface area contributed by atoms with Crippen LogP contribution in [0.4, 0.5) is 0 Å². The summed E-state index contributed by atoms with van der Waals surface area (Å²) in [6, 6.07) is 22.0. The Hall–Kier alpha value is -2.60. The first-order chi connectivity index (χ1) is 11.6. The van der Waals surface area contributed by atoms with Crippen LogP contribution >= 0.6 is 0 Å². The van der Waals surface area contributed by atoms with E-state index in [-0.39, 0.29) is 0 Å². The quantitative estimate of drug-likeness (QED) is 0.515. The molecule has 0 saturated heterocycles. The monoisotopic (exact) mass is 310 g/mol. The van der Waals surface area contributed by atoms with Gasteiger partial charge in [-0.05, 0) is 77.8 Å². The standard InChI is InChI=1S/C24H22/c1-16-12-17(2)24(18(3)13-16)21-14-20-10-7-11-22(23(20)15-21)19-8-5-4-6-9-19/h4-13,15H,14H2,1-3H3. The first-order valence-electron chi connectivity index (χ1n) is 8.59. The molecule has 0 amide bonds. The Kier molecular flexibility index (Phi) is 3.61. The first kappa shape index (κ1) is 15.0. The van der Waals surface area contributed by atoms with Crippen LogP contribution in [0.5, 0.6) is 0 Å². The minimum absolute atomic E-state index is 1.03. The molecule has 0 aromatic heterocycles. The van der Waals surface area contributed by atoms with Gasteiger partial charge in [-0.3, -0.25) is 0 Å². The zero-order valence-corrected chi connectivity index (χ0v) is 14.6. The van der Waals surface area contributed by atoms with Crippen molar-refractivity contribution in [2.24, 2.45) is 0 Å². The maximum absolute atomic E-state index is 2.41. The summed E-state index contributed by atoms with van der Waals surface area (Å²) in [7, 11) is 0. The summed E-state index contributed by atoms with van der Waals surface area (Å²) in [6.45, 7) is 6.64. The summed E-state index contributed by atoms with van der Waals surface area (Å²) in [5.74, 6) is 0. The number of benzene rings is 3. The number of allylic oxidation sites excluding steroid dienone is 1. The Labute approximate surface area is 144 Å². The molecular weight excluding hydrogens is 288 g/mol. The van der Waals surface area contributed by atoms with E-state index in [0.717, 1.165) is 6.42 Å². The molecule has 4 rings (SSSR count). The summed E-state index contributed by atoms with van der Waals surface area (Å²) in [5.41, 5.74) is 12.4. The molecule has 0 saturated carbocycles. The maximum Gasteiger partial charge on any atom is -0.00132 e. The third-order valence-electron chi connectivity index (χ3n) is 4.98. The molecule has 0 spiro atoms. The Balaban J connectivity index is 1.85. The highest BCUT2D eigenvalue weighted by molar-refractivity contribution is 5.95. The van der Waals surface area contributed by atoms with Gasteiger partial charge in [0, 0.05) is 0 Å². The van der Waals surface area contributed by atoms with E-state index in [9.17, 15) is 0 Å². The highest BCUT2D eigenvalue weighted by Gasteiger charge is 2.19. The van der Waals surface area contributed by atoms with Crippen LogP contribution in [-0.4, -0.2) is 0 Å². The van der Waals surface area contributed by atoms with E-state index in [1.165, 1.54) is 50.1 Å². The third kappa shape index (κ3) is 2.49. The molecule has 0 aliphatic heterocycles. The molecule has 0 N–H and O–H groups in total. The van der Waals surface area contributed by atoms with Crippen LogP contribution in [-0.2, 0) is 6.42 Å². The lowest BCUT2D eigenvalue weighted by Gasteiger charge is -2.12. The van der Waals surface area contributed by atoms with Crippen molar-refractivity contribution in [1.82, 2.24) is 0 Å². The molecule has 1 aliphatic rings. The maximum atomic E-state index is 2.41. The molecule has 0 heteroatoms. The van der Waals surface area contributed by atoms with Crippen molar-refractivity contribution in [3.05, 3.63) is 94.0 Å². The number of hydrogen-bond donors (Lipinski definition) is 0. The Bertz CT molecular complexity index is 920. The molecule has 0 nitrogen and oxygen atoms in total. The fourth-order valence-corrected chi connectivity index (χ4v) is 4.08. The molecule has 3 aromatic carbocycles. The van der Waals surface area contributed by atoms with Crippen molar-refractivity contribution in [2.45, 2.75) is 27.2 Å². The van der Waals surface area contributed by atoms with Gasteiger partial charge in [0.25, 0.3) is 0 Å². The molecule has 118 valence electrons. The van der Waals surface area contributed by atoms with E-state index < -0.39 is 0 Å². The summed E-state index contributed by atoms with van der Waals surface area (Å²) in [6.07, 6.45) is 3.43. The minimum Gasteiger partial charge on any atom is -0.0622 e. The zero-order chi connectivity index (χ0) is 16.7. The van der Waals surface area contributed by atoms with Gasteiger partial charge >= 0.3 is 0 Å². The lowest BCUT2D eigenvalue weighted by atomic mass is 9.93. The smallest absolute Gasteiger partial charge is 0.00132 e. The van der Waals surface area contributed by atoms with Gasteiger partial charge in [-0.15, -0.1) is 0 Å². The van der Waals surface area contributed by atoms with Gasteiger partial charge in [0.15, 0.2) is 0 Å². The molecular formula is C24H22. The molecule has 0 atom stereocenters. The van der Waals surface area contributed by atoms with Gasteiger partial charge in [-0.1, -0.05) is 66.2 Å². The van der Waals surface area contributed by atoms with Crippen LogP contribution in [0.15, 0.2) is 60.7 Å². The van der Waals surface area contributed by atoms with Gasteiger partial charge in [0.1, 0.15) is 0 Å². The van der Waals surface area contributed by atoms with Crippen molar-refractivity contribution in [3.8, 4) is 11.1 Å². The van der Waals surface area contributed by atoms with E-state index in [1.807, 2.05) is 0 Å². The average Bonchev–Trinajstić information content (AvgIpc) is 2.98. The molecule has 0 bridgehead atoms. The predicted octanol–water partition coefficient (Wildman–Crippen LogP) is 6.38. The highest BCUT2D eigenvalue weighted by atomic mass is 14.2. The van der Waals surface area contributed by atoms with Crippen molar-refractivity contribution in [3.63, 3.8) is 0 Å². The van der Waals surface area contributed by atoms with Crippen LogP contribution in [0.1, 0.15) is 33.4 Å². The SMILES string of the molecule is Cc1cc(C)c(C2=Cc3c(cccc3-c3ccccc3)C2)c(C)c1. The largest absolute Gasteiger partial charge is 0.0622 e. The van der Waals surface area contributed by atoms with Crippen LogP contribution in [0.25, 0.3) is 22.8 Å². The topological polar surface area (TPSA) is 0 Å². The average molecular weight is 310 g/mol. The number of hydrogen-bond acceptors (Lipinski definition) is 0. The molecule has 0 unspecified atom stereocenters. The minimum atomic E-state index is 1.03. The Morgan fingerprint density at radius 1 is 0.750 bits per heavy atom. The highest BCUT2D eigenvalue weighted by Crippen LogP contribution is 2.39. The number of aryl methyl sites for hydroxylation is 3. The second kappa shape index (κ2) is 5.79. The summed E-state index contributed by atoms with van der Waals surface area (Å²) >= 11 is 0. The molecule has 0 heterocycles. The molecule has 1 aliphatic carbocycles. The molecule has 24 heavy (non-hydrogen) atoms. The fourth-order valence-electron chi connectivity index (χ4n) is 4.08. The molecule has 0 radical (unpaired) electrons. The summed E-state index contributed by atoms with van der Waals surface area (Å²) in [4.78, 5) is 0. The lowest BCUT2D eigenvalue weighted by molar-refractivity contribution is 1.24. The van der Waals surface area contributed by atoms with Crippen LogP contribution in [0.2, 0.25) is 0 Å². The normalized spacial score (nSPS) is 12.9. The number of rotatable bonds is 2. The van der Waals surface area contributed by atoms with E-state index in [4.69, 9.17) is 0 Å². The second-order valence-electron chi connectivity index (χ2n) is 6.86. The van der Waals surface area contributed by atoms with Gasteiger partial charge in [-0.25, -0.2) is 0 Å². The summed E-state index contributed by atoms with van der Waals surface area (Å²) < 4.78 is 0. The lowest BCUT2D eigenvalue weighted by Crippen LogP contribution is -1.95. The number of fused-ring (bicyclic) bond motifs is 1. The van der Waals surface area contributed by atoms with Gasteiger partial charge < -0.3 is 0 Å². The zero-order valence-electron chi connectivity index (χ0n) is 14.6. The molecule has 0 fully saturated rings. The first-order valence-corrected chi connectivity index (χ1v) is 8.59. The van der Waals surface area contributed by atoms with Gasteiger partial charge in [0.05, 0.1) is 0 Å². The van der Waals surface area contributed by atoms with Crippen LogP contribution in [0, 0.1) is 20.8 Å². The van der Waals surface area contributed by atoms with E-state index in [1.54, 1.807) is 0 Å². The Morgan fingerprint density at radius 3 is 2.17 bits per heavy atom. The van der Waals surface area contributed by atoms with Gasteiger partial charge in [-0.2, -0.15) is 0 Å². The molecule has 3 aromatic rings. The second-order valence-corrected chi connectivity index (χ2v) is 6.86. The van der Waals surface area contributed by atoms with Crippen molar-refractivity contribution < 1.29 is 0 Å². The third-order valence-corrected chi connectivity index (χ3v) is 4.98. The van der Waals surface area contributed by atoms with Gasteiger partial charge in [0.2, 0.25) is 0 Å².